The standard InChI is InChI=1S/C17H27N3O2/c1-4-20(5-2)14-8-9-16(13(3)11-14)19-17(21)18-12-15-7-6-10-22-15/h8-9,11,15H,4-7,10,12H2,1-3H3,(H2,18,19,21). The summed E-state index contributed by atoms with van der Waals surface area (Å²) < 4.78 is 5.50. The van der Waals surface area contributed by atoms with Gasteiger partial charge in [0.15, 0.2) is 0 Å². The summed E-state index contributed by atoms with van der Waals surface area (Å²) in [5.41, 5.74) is 3.10. The molecule has 2 rings (SSSR count). The number of hydrogen-bond donors (Lipinski definition) is 2. The molecule has 5 nitrogen and oxygen atoms in total. The highest BCUT2D eigenvalue weighted by Gasteiger charge is 2.16. The largest absolute Gasteiger partial charge is 0.376 e. The minimum atomic E-state index is -0.172. The third-order valence-electron chi connectivity index (χ3n) is 4.10. The molecule has 1 aromatic carbocycles. The molecule has 0 radical (unpaired) electrons. The molecule has 0 aromatic heterocycles. The van der Waals surface area contributed by atoms with E-state index in [1.54, 1.807) is 0 Å². The summed E-state index contributed by atoms with van der Waals surface area (Å²) in [4.78, 5) is 14.3. The zero-order chi connectivity index (χ0) is 15.9. The first-order chi connectivity index (χ1) is 10.6. The number of hydrogen-bond acceptors (Lipinski definition) is 3. The van der Waals surface area contributed by atoms with Crippen LogP contribution >= 0.6 is 0 Å². The van der Waals surface area contributed by atoms with Gasteiger partial charge in [0.2, 0.25) is 0 Å². The quantitative estimate of drug-likeness (QED) is 0.849. The zero-order valence-corrected chi connectivity index (χ0v) is 13.8. The Morgan fingerprint density at radius 2 is 2.14 bits per heavy atom. The number of nitrogens with one attached hydrogen (secondary N) is 2. The topological polar surface area (TPSA) is 53.6 Å². The summed E-state index contributed by atoms with van der Waals surface area (Å²) in [7, 11) is 0. The number of carbonyl (C=O) groups is 1. The van der Waals surface area contributed by atoms with E-state index in [1.807, 2.05) is 13.0 Å². The number of aryl methyl sites for hydroxylation is 1. The zero-order valence-electron chi connectivity index (χ0n) is 13.8. The number of benzene rings is 1. The summed E-state index contributed by atoms with van der Waals surface area (Å²) in [5, 5.41) is 5.79. The summed E-state index contributed by atoms with van der Waals surface area (Å²) in [5.74, 6) is 0. The Bertz CT molecular complexity index is 495. The number of amides is 2. The van der Waals surface area contributed by atoms with Crippen LogP contribution in [0.5, 0.6) is 0 Å². The lowest BCUT2D eigenvalue weighted by molar-refractivity contribution is 0.112. The van der Waals surface area contributed by atoms with E-state index < -0.39 is 0 Å². The summed E-state index contributed by atoms with van der Waals surface area (Å²) in [6.45, 7) is 9.63. The van der Waals surface area contributed by atoms with Crippen LogP contribution in [0.25, 0.3) is 0 Å². The van der Waals surface area contributed by atoms with Crippen LogP contribution in [0, 0.1) is 6.92 Å². The molecule has 122 valence electrons. The van der Waals surface area contributed by atoms with Crippen molar-refractivity contribution in [1.82, 2.24) is 5.32 Å². The Balaban J connectivity index is 1.90. The number of nitrogens with zero attached hydrogens (tertiary/aromatic N) is 1. The van der Waals surface area contributed by atoms with Crippen molar-refractivity contribution in [2.24, 2.45) is 0 Å². The Labute approximate surface area is 133 Å². The molecule has 2 N–H and O–H groups in total. The van der Waals surface area contributed by atoms with Crippen LogP contribution < -0.4 is 15.5 Å². The van der Waals surface area contributed by atoms with Gasteiger partial charge >= 0.3 is 6.03 Å². The molecule has 0 bridgehead atoms. The van der Waals surface area contributed by atoms with Crippen LogP contribution in [0.3, 0.4) is 0 Å². The molecule has 1 atom stereocenters. The first-order valence-corrected chi connectivity index (χ1v) is 8.16. The van der Waals surface area contributed by atoms with Crippen molar-refractivity contribution in [2.75, 3.05) is 36.5 Å². The minimum Gasteiger partial charge on any atom is -0.376 e. The van der Waals surface area contributed by atoms with E-state index in [4.69, 9.17) is 4.74 Å². The molecule has 2 amide bonds. The Morgan fingerprint density at radius 1 is 1.36 bits per heavy atom. The second kappa shape index (κ2) is 8.03. The molecule has 1 fully saturated rings. The second-order valence-electron chi connectivity index (χ2n) is 5.64. The van der Waals surface area contributed by atoms with Gasteiger partial charge in [-0.1, -0.05) is 0 Å². The number of carbonyl (C=O) groups excluding carboxylic acids is 1. The Morgan fingerprint density at radius 3 is 2.73 bits per heavy atom. The van der Waals surface area contributed by atoms with E-state index in [9.17, 15) is 4.79 Å². The predicted molar refractivity (Wildman–Crippen MR) is 90.7 cm³/mol. The molecule has 0 spiro atoms. The van der Waals surface area contributed by atoms with Gasteiger partial charge in [-0.3, -0.25) is 0 Å². The van der Waals surface area contributed by atoms with Crippen LogP contribution in [-0.2, 0) is 4.74 Å². The van der Waals surface area contributed by atoms with Crippen LogP contribution in [0.1, 0.15) is 32.3 Å². The van der Waals surface area contributed by atoms with Crippen LogP contribution in [-0.4, -0.2) is 38.4 Å². The fourth-order valence-electron chi connectivity index (χ4n) is 2.75. The lowest BCUT2D eigenvalue weighted by atomic mass is 10.1. The summed E-state index contributed by atoms with van der Waals surface area (Å²) in [6.07, 6.45) is 2.27. The number of rotatable bonds is 6. The molecule has 1 aromatic rings. The maximum Gasteiger partial charge on any atom is 0.319 e. The van der Waals surface area contributed by atoms with E-state index in [0.717, 1.165) is 43.8 Å². The monoisotopic (exact) mass is 305 g/mol. The van der Waals surface area contributed by atoms with E-state index >= 15 is 0 Å². The third kappa shape index (κ3) is 4.37. The highest BCUT2D eigenvalue weighted by Crippen LogP contribution is 2.22. The van der Waals surface area contributed by atoms with Crippen molar-refractivity contribution in [2.45, 2.75) is 39.7 Å². The SMILES string of the molecule is CCN(CC)c1ccc(NC(=O)NCC2CCCO2)c(C)c1. The number of urea groups is 1. The lowest BCUT2D eigenvalue weighted by Gasteiger charge is -2.22. The maximum atomic E-state index is 12.0. The van der Waals surface area contributed by atoms with E-state index in [1.165, 1.54) is 5.69 Å². The molecular formula is C17H27N3O2. The highest BCUT2D eigenvalue weighted by molar-refractivity contribution is 5.90. The predicted octanol–water partition coefficient (Wildman–Crippen LogP) is 3.14. The highest BCUT2D eigenvalue weighted by atomic mass is 16.5. The molecule has 1 aliphatic heterocycles. The van der Waals surface area contributed by atoms with Gasteiger partial charge in [0.25, 0.3) is 0 Å². The van der Waals surface area contributed by atoms with Gasteiger partial charge in [-0.25, -0.2) is 4.79 Å². The third-order valence-corrected chi connectivity index (χ3v) is 4.10. The Kier molecular flexibility index (Phi) is 6.07. The molecule has 22 heavy (non-hydrogen) atoms. The first-order valence-electron chi connectivity index (χ1n) is 8.16. The molecule has 1 saturated heterocycles. The maximum absolute atomic E-state index is 12.0. The number of ether oxygens (including phenoxy) is 1. The molecular weight excluding hydrogens is 278 g/mol. The molecule has 5 heteroatoms. The molecule has 0 saturated carbocycles. The fourth-order valence-corrected chi connectivity index (χ4v) is 2.75. The number of anilines is 2. The average Bonchev–Trinajstić information content (AvgIpc) is 3.02. The molecule has 0 aliphatic carbocycles. The lowest BCUT2D eigenvalue weighted by Crippen LogP contribution is -2.35. The van der Waals surface area contributed by atoms with E-state index in [2.05, 4.69) is 41.5 Å². The van der Waals surface area contributed by atoms with E-state index in [0.29, 0.717) is 6.54 Å². The van der Waals surface area contributed by atoms with Crippen molar-refractivity contribution < 1.29 is 9.53 Å². The van der Waals surface area contributed by atoms with Crippen molar-refractivity contribution in [3.05, 3.63) is 23.8 Å². The van der Waals surface area contributed by atoms with E-state index in [-0.39, 0.29) is 12.1 Å². The van der Waals surface area contributed by atoms with Crippen molar-refractivity contribution >= 4 is 17.4 Å². The summed E-state index contributed by atoms with van der Waals surface area (Å²) in [6, 6.07) is 5.96. The molecule has 1 heterocycles. The molecule has 1 unspecified atom stereocenters. The minimum absolute atomic E-state index is 0.164. The average molecular weight is 305 g/mol. The summed E-state index contributed by atoms with van der Waals surface area (Å²) >= 11 is 0. The van der Waals surface area contributed by atoms with Gasteiger partial charge in [0.05, 0.1) is 6.10 Å². The van der Waals surface area contributed by atoms with Gasteiger partial charge in [0, 0.05) is 37.6 Å². The van der Waals surface area contributed by atoms with Gasteiger partial charge in [-0.15, -0.1) is 0 Å². The van der Waals surface area contributed by atoms with Crippen molar-refractivity contribution in [3.63, 3.8) is 0 Å². The van der Waals surface area contributed by atoms with Gasteiger partial charge in [0.1, 0.15) is 0 Å². The first kappa shape index (κ1) is 16.6. The van der Waals surface area contributed by atoms with Crippen LogP contribution in [0.15, 0.2) is 18.2 Å². The van der Waals surface area contributed by atoms with Crippen LogP contribution in [0.2, 0.25) is 0 Å². The van der Waals surface area contributed by atoms with Gasteiger partial charge in [-0.05, 0) is 57.4 Å². The van der Waals surface area contributed by atoms with Crippen molar-refractivity contribution in [1.29, 1.82) is 0 Å². The van der Waals surface area contributed by atoms with Crippen molar-refractivity contribution in [3.8, 4) is 0 Å². The van der Waals surface area contributed by atoms with Gasteiger partial charge in [-0.2, -0.15) is 0 Å². The molecule has 1 aliphatic rings. The Hall–Kier alpha value is -1.75. The van der Waals surface area contributed by atoms with Gasteiger partial charge < -0.3 is 20.3 Å². The fraction of sp³-hybridized carbons (Fsp3) is 0.588. The second-order valence-corrected chi connectivity index (χ2v) is 5.64. The normalized spacial score (nSPS) is 17.3. The smallest absolute Gasteiger partial charge is 0.319 e. The van der Waals surface area contributed by atoms with Crippen LogP contribution in [0.4, 0.5) is 16.2 Å².